The van der Waals surface area contributed by atoms with Crippen molar-refractivity contribution in [3.63, 3.8) is 0 Å². The van der Waals surface area contributed by atoms with E-state index >= 15 is 0 Å². The van der Waals surface area contributed by atoms with Crippen molar-refractivity contribution >= 4 is 0 Å². The summed E-state index contributed by atoms with van der Waals surface area (Å²) in [6.07, 6.45) is 0.581. The Labute approximate surface area is 132 Å². The van der Waals surface area contributed by atoms with Crippen LogP contribution in [0.5, 0.6) is 0 Å². The molecule has 2 atom stereocenters. The maximum Gasteiger partial charge on any atom is 0.229 e. The third kappa shape index (κ3) is 3.95. The molecule has 2 rings (SSSR count). The van der Waals surface area contributed by atoms with Gasteiger partial charge in [-0.3, -0.25) is 20.7 Å². The van der Waals surface area contributed by atoms with Crippen LogP contribution >= 0.6 is 0 Å². The van der Waals surface area contributed by atoms with Crippen LogP contribution in [0, 0.1) is 10.1 Å². The molecule has 0 spiro atoms. The van der Waals surface area contributed by atoms with Gasteiger partial charge in [-0.2, -0.15) is 0 Å². The predicted octanol–water partition coefficient (Wildman–Crippen LogP) is 1.64. The van der Waals surface area contributed by atoms with Gasteiger partial charge in [0.15, 0.2) is 0 Å². The molecule has 0 aromatic heterocycles. The minimum absolute atomic E-state index is 0.134. The normalized spacial score (nSPS) is 32.8. The van der Waals surface area contributed by atoms with Crippen molar-refractivity contribution in [3.05, 3.63) is 10.1 Å². The van der Waals surface area contributed by atoms with E-state index in [0.29, 0.717) is 32.5 Å². The number of hydrogen-bond acceptors (Lipinski definition) is 6. The summed E-state index contributed by atoms with van der Waals surface area (Å²) in [6.45, 7) is 11.2. The minimum atomic E-state index is -1.05. The summed E-state index contributed by atoms with van der Waals surface area (Å²) in [4.78, 5) is 11.6. The third-order valence-corrected chi connectivity index (χ3v) is 4.57. The molecular formula is C15H29N3O4. The molecular weight excluding hydrogens is 286 g/mol. The van der Waals surface area contributed by atoms with Crippen LogP contribution in [0.1, 0.15) is 53.9 Å². The Hall–Kier alpha value is -0.760. The second-order valence-corrected chi connectivity index (χ2v) is 7.90. The first kappa shape index (κ1) is 17.6. The summed E-state index contributed by atoms with van der Waals surface area (Å²) in [5.41, 5.74) is -1.31. The van der Waals surface area contributed by atoms with Crippen molar-refractivity contribution in [2.75, 3.05) is 13.2 Å². The molecule has 0 saturated carbocycles. The van der Waals surface area contributed by atoms with E-state index in [9.17, 15) is 10.1 Å². The van der Waals surface area contributed by atoms with Crippen LogP contribution in [0.4, 0.5) is 0 Å². The summed E-state index contributed by atoms with van der Waals surface area (Å²) in [5, 5.41) is 18.4. The summed E-state index contributed by atoms with van der Waals surface area (Å²) in [5.74, 6) is 0. The van der Waals surface area contributed by atoms with Gasteiger partial charge in [0.2, 0.25) is 5.54 Å². The van der Waals surface area contributed by atoms with Crippen molar-refractivity contribution in [3.8, 4) is 0 Å². The van der Waals surface area contributed by atoms with Crippen molar-refractivity contribution in [1.82, 2.24) is 10.6 Å². The fourth-order valence-electron chi connectivity index (χ4n) is 3.22. The van der Waals surface area contributed by atoms with Gasteiger partial charge in [-0.15, -0.1) is 0 Å². The lowest BCUT2D eigenvalue weighted by Crippen LogP contribution is -2.50. The highest BCUT2D eigenvalue weighted by atomic mass is 16.6. The van der Waals surface area contributed by atoms with Gasteiger partial charge in [-0.05, 0) is 27.7 Å². The van der Waals surface area contributed by atoms with Crippen LogP contribution < -0.4 is 10.6 Å². The first-order valence-electron chi connectivity index (χ1n) is 8.01. The molecule has 128 valence electrons. The van der Waals surface area contributed by atoms with Gasteiger partial charge in [-0.25, -0.2) is 0 Å². The molecule has 7 nitrogen and oxygen atoms in total. The van der Waals surface area contributed by atoms with Crippen molar-refractivity contribution < 1.29 is 14.4 Å². The Balaban J connectivity index is 2.06. The van der Waals surface area contributed by atoms with E-state index < -0.39 is 5.54 Å². The molecule has 0 radical (unpaired) electrons. The largest absolute Gasteiger partial charge is 0.361 e. The lowest BCUT2D eigenvalue weighted by Gasteiger charge is -2.29. The standard InChI is InChI=1S/C15H29N3O4/c1-6-15(18(19)20,7-11-16-13(2,3)9-21-11)8-12-17-14(4,5)10-22-12/h11-12,16-17H,6-10H2,1-5H3. The Kier molecular flexibility index (Phi) is 4.82. The minimum Gasteiger partial charge on any atom is -0.361 e. The molecule has 22 heavy (non-hydrogen) atoms. The smallest absolute Gasteiger partial charge is 0.229 e. The van der Waals surface area contributed by atoms with Gasteiger partial charge >= 0.3 is 0 Å². The van der Waals surface area contributed by atoms with Crippen LogP contribution in [-0.2, 0) is 9.47 Å². The van der Waals surface area contributed by atoms with Crippen LogP contribution in [0.25, 0.3) is 0 Å². The van der Waals surface area contributed by atoms with E-state index in [2.05, 4.69) is 10.6 Å². The Bertz CT molecular complexity index is 397. The number of ether oxygens (including phenoxy) is 2. The fraction of sp³-hybridized carbons (Fsp3) is 1.00. The van der Waals surface area contributed by atoms with E-state index in [4.69, 9.17) is 9.47 Å². The molecule has 0 bridgehead atoms. The Morgan fingerprint density at radius 2 is 1.50 bits per heavy atom. The van der Waals surface area contributed by atoms with Crippen molar-refractivity contribution in [2.45, 2.75) is 83.0 Å². The van der Waals surface area contributed by atoms with Gasteiger partial charge in [0.25, 0.3) is 0 Å². The second-order valence-electron chi connectivity index (χ2n) is 7.90. The fourth-order valence-corrected chi connectivity index (χ4v) is 3.22. The average Bonchev–Trinajstić information content (AvgIpc) is 2.90. The van der Waals surface area contributed by atoms with Gasteiger partial charge in [0.05, 0.1) is 26.1 Å². The lowest BCUT2D eigenvalue weighted by molar-refractivity contribution is -0.577. The molecule has 2 aliphatic rings. The topological polar surface area (TPSA) is 85.7 Å². The molecule has 0 amide bonds. The predicted molar refractivity (Wildman–Crippen MR) is 83.2 cm³/mol. The van der Waals surface area contributed by atoms with Crippen LogP contribution in [0.2, 0.25) is 0 Å². The molecule has 0 aromatic carbocycles. The molecule has 2 aliphatic heterocycles. The lowest BCUT2D eigenvalue weighted by atomic mass is 9.87. The van der Waals surface area contributed by atoms with Gasteiger partial charge < -0.3 is 9.47 Å². The van der Waals surface area contributed by atoms with E-state index in [-0.39, 0.29) is 28.5 Å². The number of rotatable bonds is 6. The first-order chi connectivity index (χ1) is 10.1. The molecule has 2 saturated heterocycles. The molecule has 2 heterocycles. The zero-order chi connectivity index (χ0) is 16.6. The number of hydrogen-bond donors (Lipinski definition) is 2. The van der Waals surface area contributed by atoms with E-state index in [1.807, 2.05) is 34.6 Å². The molecule has 0 aliphatic carbocycles. The maximum absolute atomic E-state index is 11.8. The monoisotopic (exact) mass is 315 g/mol. The zero-order valence-corrected chi connectivity index (χ0v) is 14.3. The van der Waals surface area contributed by atoms with E-state index in [1.54, 1.807) is 0 Å². The SMILES string of the molecule is CCC(CC1NC(C)(C)CO1)(CC1NC(C)(C)CO1)[N+](=O)[O-]. The Morgan fingerprint density at radius 3 is 1.73 bits per heavy atom. The number of nitrogens with one attached hydrogen (secondary N) is 2. The summed E-state index contributed by atoms with van der Waals surface area (Å²) in [7, 11) is 0. The van der Waals surface area contributed by atoms with Gasteiger partial charge in [0, 0.05) is 22.4 Å². The quantitative estimate of drug-likeness (QED) is 0.572. The molecule has 2 fully saturated rings. The molecule has 2 unspecified atom stereocenters. The van der Waals surface area contributed by atoms with Crippen LogP contribution in [0.15, 0.2) is 0 Å². The summed E-state index contributed by atoms with van der Waals surface area (Å²) >= 11 is 0. The highest BCUT2D eigenvalue weighted by molar-refractivity contribution is 4.93. The zero-order valence-electron chi connectivity index (χ0n) is 14.3. The third-order valence-electron chi connectivity index (χ3n) is 4.57. The molecule has 2 N–H and O–H groups in total. The summed E-state index contributed by atoms with van der Waals surface area (Å²) < 4.78 is 11.4. The van der Waals surface area contributed by atoms with Crippen LogP contribution in [-0.4, -0.2) is 47.2 Å². The van der Waals surface area contributed by atoms with Gasteiger partial charge in [-0.1, -0.05) is 6.92 Å². The number of nitro groups is 1. The van der Waals surface area contributed by atoms with Crippen molar-refractivity contribution in [1.29, 1.82) is 0 Å². The van der Waals surface area contributed by atoms with E-state index in [0.717, 1.165) is 0 Å². The van der Waals surface area contributed by atoms with Crippen molar-refractivity contribution in [2.24, 2.45) is 0 Å². The molecule has 7 heteroatoms. The highest BCUT2D eigenvalue weighted by Gasteiger charge is 2.49. The maximum atomic E-state index is 11.8. The van der Waals surface area contributed by atoms with E-state index in [1.165, 1.54) is 0 Å². The highest BCUT2D eigenvalue weighted by Crippen LogP contribution is 2.32. The average molecular weight is 315 g/mol. The van der Waals surface area contributed by atoms with Crippen LogP contribution in [0.3, 0.4) is 0 Å². The molecule has 0 aromatic rings. The summed E-state index contributed by atoms with van der Waals surface area (Å²) in [6, 6.07) is 0. The number of nitrogens with zero attached hydrogens (tertiary/aromatic N) is 1. The van der Waals surface area contributed by atoms with Gasteiger partial charge in [0.1, 0.15) is 12.5 Å². The first-order valence-corrected chi connectivity index (χ1v) is 8.01. The second kappa shape index (κ2) is 6.03. The Morgan fingerprint density at radius 1 is 1.09 bits per heavy atom.